The van der Waals surface area contributed by atoms with E-state index in [2.05, 4.69) is 15.5 Å². The Morgan fingerprint density at radius 2 is 1.85 bits per heavy atom. The predicted octanol–water partition coefficient (Wildman–Crippen LogP) is 3.56. The monoisotopic (exact) mass is 402 g/mol. The maximum Gasteiger partial charge on any atom is 0.313 e. The minimum absolute atomic E-state index is 0.0843. The Bertz CT molecular complexity index is 989. The molecular formula is C18H15ClN4O3S. The molecule has 0 fully saturated rings. The van der Waals surface area contributed by atoms with Crippen molar-refractivity contribution in [3.05, 3.63) is 59.1 Å². The molecule has 9 heteroatoms. The number of hydrogen-bond acceptors (Lipinski definition) is 5. The molecule has 0 bridgehead atoms. The van der Waals surface area contributed by atoms with Crippen LogP contribution in [0.2, 0.25) is 5.02 Å². The number of aromatic nitrogens is 3. The second-order valence-corrected chi connectivity index (χ2v) is 6.91. The average Bonchev–Trinajstić information content (AvgIpc) is 3.01. The zero-order valence-electron chi connectivity index (χ0n) is 14.2. The average molecular weight is 403 g/mol. The van der Waals surface area contributed by atoms with Gasteiger partial charge in [-0.25, -0.2) is 0 Å². The van der Waals surface area contributed by atoms with Crippen molar-refractivity contribution in [3.63, 3.8) is 0 Å². The van der Waals surface area contributed by atoms with Gasteiger partial charge in [-0.2, -0.15) is 0 Å². The van der Waals surface area contributed by atoms with Crippen LogP contribution in [-0.2, 0) is 11.8 Å². The molecule has 1 heterocycles. The maximum absolute atomic E-state index is 12.3. The van der Waals surface area contributed by atoms with E-state index in [1.165, 1.54) is 0 Å². The molecule has 0 aliphatic heterocycles. The summed E-state index contributed by atoms with van der Waals surface area (Å²) in [6, 6.07) is 13.9. The van der Waals surface area contributed by atoms with Crippen LogP contribution in [0.3, 0.4) is 0 Å². The van der Waals surface area contributed by atoms with Crippen LogP contribution in [0.1, 0.15) is 10.4 Å². The van der Waals surface area contributed by atoms with E-state index in [9.17, 15) is 9.59 Å². The number of carboxylic acids is 1. The largest absolute Gasteiger partial charge is 0.481 e. The summed E-state index contributed by atoms with van der Waals surface area (Å²) in [7, 11) is 1.77. The molecule has 7 nitrogen and oxygen atoms in total. The number of benzene rings is 2. The number of amides is 1. The van der Waals surface area contributed by atoms with E-state index in [1.54, 1.807) is 60.1 Å². The third-order valence-electron chi connectivity index (χ3n) is 3.68. The molecule has 138 valence electrons. The number of carboxylic acid groups (broad SMARTS) is 1. The molecule has 27 heavy (non-hydrogen) atoms. The first kappa shape index (κ1) is 18.9. The lowest BCUT2D eigenvalue weighted by Crippen LogP contribution is -2.12. The standard InChI is InChI=1S/C18H15ClN4O3S/c1-23-16(21-22-18(23)27-10-15(24)25)11-6-8-12(9-7-11)20-17(26)13-4-2-3-5-14(13)19/h2-9H,10H2,1H3,(H,20,26)(H,24,25). The van der Waals surface area contributed by atoms with E-state index >= 15 is 0 Å². The molecule has 1 aromatic heterocycles. The van der Waals surface area contributed by atoms with Crippen LogP contribution in [0.25, 0.3) is 11.4 Å². The molecule has 3 aromatic rings. The molecule has 3 rings (SSSR count). The van der Waals surface area contributed by atoms with Crippen molar-refractivity contribution in [3.8, 4) is 11.4 Å². The van der Waals surface area contributed by atoms with Gasteiger partial charge in [0.2, 0.25) is 0 Å². The van der Waals surface area contributed by atoms with Gasteiger partial charge in [-0.3, -0.25) is 9.59 Å². The number of anilines is 1. The number of nitrogens with zero attached hydrogens (tertiary/aromatic N) is 3. The van der Waals surface area contributed by atoms with E-state index in [0.717, 1.165) is 17.3 Å². The Kier molecular flexibility index (Phi) is 5.78. The smallest absolute Gasteiger partial charge is 0.313 e. The summed E-state index contributed by atoms with van der Waals surface area (Å²) in [4.78, 5) is 23.0. The number of thioether (sulfide) groups is 1. The summed E-state index contributed by atoms with van der Waals surface area (Å²) in [5, 5.41) is 20.6. The molecule has 0 saturated carbocycles. The van der Waals surface area contributed by atoms with Crippen LogP contribution >= 0.6 is 23.4 Å². The summed E-state index contributed by atoms with van der Waals surface area (Å²) in [5.41, 5.74) is 1.81. The zero-order chi connectivity index (χ0) is 19.4. The van der Waals surface area contributed by atoms with Crippen molar-refractivity contribution < 1.29 is 14.7 Å². The lowest BCUT2D eigenvalue weighted by Gasteiger charge is -2.08. The van der Waals surface area contributed by atoms with Gasteiger partial charge in [0.15, 0.2) is 11.0 Å². The van der Waals surface area contributed by atoms with Gasteiger partial charge in [0.25, 0.3) is 5.91 Å². The number of nitrogens with one attached hydrogen (secondary N) is 1. The Labute approximate surface area is 164 Å². The van der Waals surface area contributed by atoms with Crippen LogP contribution in [-0.4, -0.2) is 37.5 Å². The Morgan fingerprint density at radius 3 is 2.52 bits per heavy atom. The molecule has 0 aliphatic carbocycles. The molecule has 0 saturated heterocycles. The Hall–Kier alpha value is -2.84. The fourth-order valence-electron chi connectivity index (χ4n) is 2.36. The molecule has 2 aromatic carbocycles. The van der Waals surface area contributed by atoms with Gasteiger partial charge >= 0.3 is 5.97 Å². The van der Waals surface area contributed by atoms with Gasteiger partial charge < -0.3 is 15.0 Å². The molecule has 0 aliphatic rings. The SMILES string of the molecule is Cn1c(SCC(=O)O)nnc1-c1ccc(NC(=O)c2ccccc2Cl)cc1. The maximum atomic E-state index is 12.3. The normalized spacial score (nSPS) is 10.6. The van der Waals surface area contributed by atoms with Gasteiger partial charge in [0.1, 0.15) is 0 Å². The molecule has 0 radical (unpaired) electrons. The Morgan fingerprint density at radius 1 is 1.15 bits per heavy atom. The topological polar surface area (TPSA) is 97.1 Å². The predicted molar refractivity (Wildman–Crippen MR) is 104 cm³/mol. The summed E-state index contributed by atoms with van der Waals surface area (Å²) < 4.78 is 1.73. The fourth-order valence-corrected chi connectivity index (χ4v) is 3.22. The van der Waals surface area contributed by atoms with E-state index < -0.39 is 5.97 Å². The van der Waals surface area contributed by atoms with Crippen molar-refractivity contribution in [1.29, 1.82) is 0 Å². The Balaban J connectivity index is 1.73. The zero-order valence-corrected chi connectivity index (χ0v) is 15.8. The van der Waals surface area contributed by atoms with Crippen LogP contribution in [0, 0.1) is 0 Å². The number of rotatable bonds is 6. The lowest BCUT2D eigenvalue weighted by atomic mass is 10.1. The summed E-state index contributed by atoms with van der Waals surface area (Å²) in [5.74, 6) is -0.687. The first-order valence-electron chi connectivity index (χ1n) is 7.86. The third kappa shape index (κ3) is 4.47. The number of aliphatic carboxylic acids is 1. The van der Waals surface area contributed by atoms with Crippen molar-refractivity contribution >= 4 is 40.9 Å². The first-order chi connectivity index (χ1) is 13.0. The van der Waals surface area contributed by atoms with E-state index in [-0.39, 0.29) is 11.7 Å². The van der Waals surface area contributed by atoms with Crippen molar-refractivity contribution in [2.24, 2.45) is 7.05 Å². The van der Waals surface area contributed by atoms with Crippen LogP contribution in [0.4, 0.5) is 5.69 Å². The minimum Gasteiger partial charge on any atom is -0.481 e. The van der Waals surface area contributed by atoms with Crippen LogP contribution < -0.4 is 5.32 Å². The number of carbonyl (C=O) groups excluding carboxylic acids is 1. The van der Waals surface area contributed by atoms with Crippen LogP contribution in [0.15, 0.2) is 53.7 Å². The highest BCUT2D eigenvalue weighted by Crippen LogP contribution is 2.24. The first-order valence-corrected chi connectivity index (χ1v) is 9.22. The van der Waals surface area contributed by atoms with E-state index in [0.29, 0.717) is 27.3 Å². The summed E-state index contributed by atoms with van der Waals surface area (Å²) in [6.07, 6.45) is 0. The molecule has 0 atom stereocenters. The van der Waals surface area contributed by atoms with Gasteiger partial charge in [-0.15, -0.1) is 10.2 Å². The third-order valence-corrected chi connectivity index (χ3v) is 5.01. The van der Waals surface area contributed by atoms with Gasteiger partial charge in [0.05, 0.1) is 16.3 Å². The minimum atomic E-state index is -0.914. The quantitative estimate of drug-likeness (QED) is 0.612. The lowest BCUT2D eigenvalue weighted by molar-refractivity contribution is -0.133. The summed E-state index contributed by atoms with van der Waals surface area (Å²) in [6.45, 7) is 0. The van der Waals surface area contributed by atoms with Gasteiger partial charge in [-0.05, 0) is 36.4 Å². The van der Waals surface area contributed by atoms with Gasteiger partial charge in [-0.1, -0.05) is 35.5 Å². The molecule has 2 N–H and O–H groups in total. The second kappa shape index (κ2) is 8.24. The number of hydrogen-bond donors (Lipinski definition) is 2. The van der Waals surface area contributed by atoms with Crippen molar-refractivity contribution in [2.45, 2.75) is 5.16 Å². The second-order valence-electron chi connectivity index (χ2n) is 5.56. The van der Waals surface area contributed by atoms with E-state index in [1.807, 2.05) is 0 Å². The van der Waals surface area contributed by atoms with E-state index in [4.69, 9.17) is 16.7 Å². The highest BCUT2D eigenvalue weighted by atomic mass is 35.5. The highest BCUT2D eigenvalue weighted by molar-refractivity contribution is 7.99. The molecule has 0 spiro atoms. The van der Waals surface area contributed by atoms with Crippen LogP contribution in [0.5, 0.6) is 0 Å². The van der Waals surface area contributed by atoms with Gasteiger partial charge in [0, 0.05) is 18.3 Å². The number of halogens is 1. The fraction of sp³-hybridized carbons (Fsp3) is 0.111. The molecule has 0 unspecified atom stereocenters. The van der Waals surface area contributed by atoms with Crippen molar-refractivity contribution in [1.82, 2.24) is 14.8 Å². The highest BCUT2D eigenvalue weighted by Gasteiger charge is 2.13. The summed E-state index contributed by atoms with van der Waals surface area (Å²) >= 11 is 7.14. The molecule has 1 amide bonds. The molecular weight excluding hydrogens is 388 g/mol. The number of carbonyl (C=O) groups is 2. The van der Waals surface area contributed by atoms with Crippen molar-refractivity contribution in [2.75, 3.05) is 11.1 Å².